The van der Waals surface area contributed by atoms with Crippen molar-refractivity contribution in [2.75, 3.05) is 17.3 Å². The summed E-state index contributed by atoms with van der Waals surface area (Å²) < 4.78 is 0. The molecule has 0 aliphatic heterocycles. The molecule has 0 saturated carbocycles. The van der Waals surface area contributed by atoms with Gasteiger partial charge in [0.15, 0.2) is 0 Å². The average molecular weight is 354 g/mol. The molecule has 1 amide bonds. The summed E-state index contributed by atoms with van der Waals surface area (Å²) >= 11 is 6.31. The topological polar surface area (TPSA) is 71.0 Å². The Bertz CT molecular complexity index is 901. The Morgan fingerprint density at radius 2 is 1.92 bits per heavy atom. The molecule has 25 heavy (non-hydrogen) atoms. The van der Waals surface area contributed by atoms with Crippen molar-refractivity contribution in [3.63, 3.8) is 0 Å². The zero-order valence-electron chi connectivity index (χ0n) is 13.8. The molecular weight excluding hydrogens is 338 g/mol. The Kier molecular flexibility index (Phi) is 4.90. The van der Waals surface area contributed by atoms with Crippen molar-refractivity contribution >= 4 is 34.6 Å². The maximum absolute atomic E-state index is 12.4. The summed E-state index contributed by atoms with van der Waals surface area (Å²) in [6.07, 6.45) is 4.83. The molecule has 2 heterocycles. The van der Waals surface area contributed by atoms with Crippen molar-refractivity contribution in [2.45, 2.75) is 6.92 Å². The predicted octanol–water partition coefficient (Wildman–Crippen LogP) is 3.85. The number of nitrogens with one attached hydrogen (secondary N) is 1. The van der Waals surface area contributed by atoms with Gasteiger partial charge in [0.2, 0.25) is 0 Å². The highest BCUT2D eigenvalue weighted by atomic mass is 35.5. The second kappa shape index (κ2) is 7.27. The summed E-state index contributed by atoms with van der Waals surface area (Å²) in [5.41, 5.74) is 3.28. The molecule has 1 N–H and O–H groups in total. The number of anilines is 3. The molecular formula is C18H16ClN5O. The molecule has 0 unspecified atom stereocenters. The molecule has 6 nitrogen and oxygen atoms in total. The van der Waals surface area contributed by atoms with Gasteiger partial charge in [0.1, 0.15) is 12.0 Å². The van der Waals surface area contributed by atoms with Crippen molar-refractivity contribution in [3.8, 4) is 0 Å². The number of benzene rings is 1. The van der Waals surface area contributed by atoms with Crippen molar-refractivity contribution < 1.29 is 4.79 Å². The number of amides is 1. The Morgan fingerprint density at radius 3 is 2.64 bits per heavy atom. The number of nitrogens with zero attached hydrogens (tertiary/aromatic N) is 4. The van der Waals surface area contributed by atoms with Crippen molar-refractivity contribution in [1.29, 1.82) is 0 Å². The lowest BCUT2D eigenvalue weighted by molar-refractivity contribution is 0.102. The van der Waals surface area contributed by atoms with E-state index in [0.717, 1.165) is 17.1 Å². The first-order valence-corrected chi connectivity index (χ1v) is 7.95. The van der Waals surface area contributed by atoms with Crippen LogP contribution >= 0.6 is 11.6 Å². The lowest BCUT2D eigenvalue weighted by atomic mass is 10.2. The highest BCUT2D eigenvalue weighted by Gasteiger charge is 2.12. The molecule has 3 aromatic rings. The summed E-state index contributed by atoms with van der Waals surface area (Å²) in [5.74, 6) is -0.275. The molecule has 7 heteroatoms. The van der Waals surface area contributed by atoms with Gasteiger partial charge in [0.05, 0.1) is 28.8 Å². The normalized spacial score (nSPS) is 10.4. The van der Waals surface area contributed by atoms with E-state index in [2.05, 4.69) is 20.3 Å². The first-order valence-electron chi connectivity index (χ1n) is 7.58. The van der Waals surface area contributed by atoms with Crippen LogP contribution in [0.3, 0.4) is 0 Å². The number of carbonyl (C=O) groups is 1. The van der Waals surface area contributed by atoms with Gasteiger partial charge < -0.3 is 10.2 Å². The lowest BCUT2D eigenvalue weighted by Crippen LogP contribution is -2.15. The molecule has 126 valence electrons. The second-order valence-electron chi connectivity index (χ2n) is 5.44. The molecule has 0 aliphatic carbocycles. The van der Waals surface area contributed by atoms with Gasteiger partial charge >= 0.3 is 0 Å². The number of hydrogen-bond donors (Lipinski definition) is 1. The molecule has 2 aromatic heterocycles. The average Bonchev–Trinajstić information content (AvgIpc) is 2.63. The fourth-order valence-electron chi connectivity index (χ4n) is 2.32. The minimum atomic E-state index is -0.275. The van der Waals surface area contributed by atoms with Crippen LogP contribution in [0, 0.1) is 6.92 Å². The third kappa shape index (κ3) is 3.92. The quantitative estimate of drug-likeness (QED) is 0.771. The Hall–Kier alpha value is -2.99. The van der Waals surface area contributed by atoms with E-state index in [1.165, 1.54) is 6.33 Å². The summed E-state index contributed by atoms with van der Waals surface area (Å²) in [7, 11) is 1.85. The predicted molar refractivity (Wildman–Crippen MR) is 98.5 cm³/mol. The van der Waals surface area contributed by atoms with Gasteiger partial charge in [0.25, 0.3) is 5.91 Å². The van der Waals surface area contributed by atoms with E-state index < -0.39 is 0 Å². The smallest absolute Gasteiger partial charge is 0.274 e. The van der Waals surface area contributed by atoms with Gasteiger partial charge in [0, 0.05) is 18.4 Å². The first-order chi connectivity index (χ1) is 12.0. The number of aryl methyl sites for hydroxylation is 1. The third-order valence-corrected chi connectivity index (χ3v) is 3.94. The zero-order valence-corrected chi connectivity index (χ0v) is 14.5. The standard InChI is InChI=1S/C18H16ClN5O/c1-12-4-3-5-16(22-12)18(25)23-13-6-7-15(19)17(8-13)24(2)14-9-20-11-21-10-14/h3-11H,1-2H3,(H,23,25). The maximum atomic E-state index is 12.4. The van der Waals surface area contributed by atoms with Crippen LogP contribution in [0.15, 0.2) is 55.1 Å². The van der Waals surface area contributed by atoms with E-state index in [4.69, 9.17) is 11.6 Å². The molecule has 0 aliphatic rings. The number of halogens is 1. The second-order valence-corrected chi connectivity index (χ2v) is 5.85. The van der Waals surface area contributed by atoms with Crippen LogP contribution in [0.4, 0.5) is 17.1 Å². The van der Waals surface area contributed by atoms with Crippen molar-refractivity contribution in [1.82, 2.24) is 15.0 Å². The maximum Gasteiger partial charge on any atom is 0.274 e. The van der Waals surface area contributed by atoms with E-state index in [9.17, 15) is 4.79 Å². The van der Waals surface area contributed by atoms with Crippen LogP contribution in [-0.4, -0.2) is 27.9 Å². The Morgan fingerprint density at radius 1 is 1.16 bits per heavy atom. The van der Waals surface area contributed by atoms with Crippen LogP contribution in [0.25, 0.3) is 0 Å². The van der Waals surface area contributed by atoms with E-state index in [0.29, 0.717) is 16.4 Å². The number of carbonyl (C=O) groups excluding carboxylic acids is 1. The minimum absolute atomic E-state index is 0.275. The number of rotatable bonds is 4. The molecule has 1 aromatic carbocycles. The summed E-state index contributed by atoms with van der Waals surface area (Å²) in [6, 6.07) is 10.6. The summed E-state index contributed by atoms with van der Waals surface area (Å²) in [5, 5.41) is 3.40. The molecule has 0 saturated heterocycles. The van der Waals surface area contributed by atoms with Crippen molar-refractivity contribution in [3.05, 3.63) is 71.5 Å². The summed E-state index contributed by atoms with van der Waals surface area (Å²) in [4.78, 5) is 26.5. The first kappa shape index (κ1) is 16.9. The monoisotopic (exact) mass is 353 g/mol. The van der Waals surface area contributed by atoms with Crippen LogP contribution in [0.1, 0.15) is 16.2 Å². The van der Waals surface area contributed by atoms with Crippen LogP contribution < -0.4 is 10.2 Å². The molecule has 0 atom stereocenters. The molecule has 3 rings (SSSR count). The lowest BCUT2D eigenvalue weighted by Gasteiger charge is -2.20. The molecule has 0 radical (unpaired) electrons. The summed E-state index contributed by atoms with van der Waals surface area (Å²) in [6.45, 7) is 1.84. The Balaban J connectivity index is 1.85. The Labute approximate surface area is 150 Å². The fraction of sp³-hybridized carbons (Fsp3) is 0.111. The van der Waals surface area contributed by atoms with E-state index in [1.54, 1.807) is 42.7 Å². The van der Waals surface area contributed by atoms with Gasteiger partial charge in [-0.25, -0.2) is 15.0 Å². The zero-order chi connectivity index (χ0) is 17.8. The highest BCUT2D eigenvalue weighted by molar-refractivity contribution is 6.33. The highest BCUT2D eigenvalue weighted by Crippen LogP contribution is 2.32. The van der Waals surface area contributed by atoms with E-state index in [1.807, 2.05) is 24.9 Å². The van der Waals surface area contributed by atoms with E-state index >= 15 is 0 Å². The fourth-order valence-corrected chi connectivity index (χ4v) is 2.56. The van der Waals surface area contributed by atoms with Gasteiger partial charge in [-0.05, 0) is 37.3 Å². The van der Waals surface area contributed by atoms with Crippen LogP contribution in [-0.2, 0) is 0 Å². The van der Waals surface area contributed by atoms with Gasteiger partial charge in [-0.1, -0.05) is 17.7 Å². The minimum Gasteiger partial charge on any atom is -0.341 e. The third-order valence-electron chi connectivity index (χ3n) is 3.62. The van der Waals surface area contributed by atoms with Crippen molar-refractivity contribution in [2.24, 2.45) is 0 Å². The largest absolute Gasteiger partial charge is 0.341 e. The molecule has 0 spiro atoms. The molecule has 0 fully saturated rings. The number of hydrogen-bond acceptors (Lipinski definition) is 5. The SMILES string of the molecule is Cc1cccc(C(=O)Nc2ccc(Cl)c(N(C)c3cncnc3)c2)n1. The van der Waals surface area contributed by atoms with Crippen LogP contribution in [0.5, 0.6) is 0 Å². The van der Waals surface area contributed by atoms with E-state index in [-0.39, 0.29) is 5.91 Å². The van der Waals surface area contributed by atoms with Gasteiger partial charge in [-0.3, -0.25) is 4.79 Å². The molecule has 0 bridgehead atoms. The van der Waals surface area contributed by atoms with Gasteiger partial charge in [-0.2, -0.15) is 0 Å². The van der Waals surface area contributed by atoms with Gasteiger partial charge in [-0.15, -0.1) is 0 Å². The number of aromatic nitrogens is 3. The number of pyridine rings is 1. The van der Waals surface area contributed by atoms with Crippen LogP contribution in [0.2, 0.25) is 5.02 Å².